The van der Waals surface area contributed by atoms with Gasteiger partial charge in [0.1, 0.15) is 0 Å². The van der Waals surface area contributed by atoms with Gasteiger partial charge in [-0.25, -0.2) is 0 Å². The minimum Gasteiger partial charge on any atom is -0.295 e. The number of rotatable bonds is 3. The van der Waals surface area contributed by atoms with Crippen LogP contribution in [0.1, 0.15) is 77.6 Å². The predicted octanol–water partition coefficient (Wildman–Crippen LogP) is 5.30. The molecular weight excluding hydrogens is 244 g/mol. The molecule has 0 spiro atoms. The molecule has 3 rings (SSSR count). The van der Waals surface area contributed by atoms with Crippen molar-refractivity contribution in [3.8, 4) is 0 Å². The van der Waals surface area contributed by atoms with E-state index in [-0.39, 0.29) is 0 Å². The number of carbonyl (C=O) groups excluding carboxylic acids is 1. The van der Waals surface area contributed by atoms with Crippen molar-refractivity contribution in [2.24, 2.45) is 23.7 Å². The van der Waals surface area contributed by atoms with Gasteiger partial charge >= 0.3 is 0 Å². The molecule has 112 valence electrons. The fourth-order valence-corrected chi connectivity index (χ4v) is 5.06. The lowest BCUT2D eigenvalue weighted by Crippen LogP contribution is -2.29. The molecule has 0 N–H and O–H groups in total. The summed E-state index contributed by atoms with van der Waals surface area (Å²) in [5.74, 6) is 4.15. The highest BCUT2D eigenvalue weighted by Gasteiger charge is 2.34. The van der Waals surface area contributed by atoms with Crippen LogP contribution in [-0.2, 0) is 4.79 Å². The third-order valence-corrected chi connectivity index (χ3v) is 6.26. The van der Waals surface area contributed by atoms with Crippen LogP contribution < -0.4 is 0 Å². The minimum atomic E-state index is 0.384. The molecule has 0 heterocycles. The van der Waals surface area contributed by atoms with Crippen LogP contribution in [0.25, 0.3) is 0 Å². The first-order valence-corrected chi connectivity index (χ1v) is 8.99. The Labute approximate surface area is 124 Å². The van der Waals surface area contributed by atoms with E-state index in [9.17, 15) is 4.79 Å². The zero-order valence-electron chi connectivity index (χ0n) is 13.1. The molecule has 0 aromatic heterocycles. The molecule has 1 nitrogen and oxygen atoms in total. The highest BCUT2D eigenvalue weighted by Crippen LogP contribution is 2.46. The largest absolute Gasteiger partial charge is 0.295 e. The smallest absolute Gasteiger partial charge is 0.155 e. The summed E-state index contributed by atoms with van der Waals surface area (Å²) in [5.41, 5.74) is 1.50. The molecule has 0 radical (unpaired) electrons. The second-order valence-corrected chi connectivity index (χ2v) is 7.53. The minimum absolute atomic E-state index is 0.384. The predicted molar refractivity (Wildman–Crippen MR) is 83.5 cm³/mol. The first-order valence-electron chi connectivity index (χ1n) is 8.99. The average molecular weight is 274 g/mol. The molecule has 2 unspecified atom stereocenters. The highest BCUT2D eigenvalue weighted by molar-refractivity contribution is 5.91. The maximum atomic E-state index is 11.5. The Morgan fingerprint density at radius 2 is 1.80 bits per heavy atom. The fraction of sp³-hybridized carbons (Fsp3) is 0.842. The second kappa shape index (κ2) is 6.45. The van der Waals surface area contributed by atoms with E-state index in [0.29, 0.717) is 5.78 Å². The van der Waals surface area contributed by atoms with E-state index in [1.807, 2.05) is 6.08 Å². The molecule has 0 aromatic rings. The van der Waals surface area contributed by atoms with E-state index in [0.717, 1.165) is 36.5 Å². The van der Waals surface area contributed by atoms with Gasteiger partial charge in [-0.2, -0.15) is 0 Å². The zero-order chi connectivity index (χ0) is 13.9. The summed E-state index contributed by atoms with van der Waals surface area (Å²) in [7, 11) is 0. The molecule has 1 heteroatoms. The summed E-state index contributed by atoms with van der Waals surface area (Å²) in [6, 6.07) is 0. The number of carbonyl (C=O) groups is 1. The second-order valence-electron chi connectivity index (χ2n) is 7.53. The van der Waals surface area contributed by atoms with Crippen LogP contribution in [0.15, 0.2) is 11.6 Å². The van der Waals surface area contributed by atoms with Gasteiger partial charge in [0, 0.05) is 6.42 Å². The van der Waals surface area contributed by atoms with Crippen molar-refractivity contribution in [3.05, 3.63) is 11.6 Å². The lowest BCUT2D eigenvalue weighted by Gasteiger charge is -2.40. The Morgan fingerprint density at radius 1 is 1.00 bits per heavy atom. The van der Waals surface area contributed by atoms with Crippen LogP contribution in [-0.4, -0.2) is 5.78 Å². The molecule has 0 aliphatic heterocycles. The lowest BCUT2D eigenvalue weighted by molar-refractivity contribution is -0.115. The van der Waals surface area contributed by atoms with Crippen molar-refractivity contribution < 1.29 is 4.79 Å². The monoisotopic (exact) mass is 274 g/mol. The highest BCUT2D eigenvalue weighted by atomic mass is 16.1. The van der Waals surface area contributed by atoms with Crippen molar-refractivity contribution in [3.63, 3.8) is 0 Å². The summed E-state index contributed by atoms with van der Waals surface area (Å²) in [4.78, 5) is 11.5. The Balaban J connectivity index is 1.53. The Bertz CT molecular complexity index is 373. The molecule has 2 fully saturated rings. The summed E-state index contributed by atoms with van der Waals surface area (Å²) in [6.07, 6.45) is 16.7. The number of allylic oxidation sites excluding steroid dienone is 2. The van der Waals surface area contributed by atoms with Crippen LogP contribution >= 0.6 is 0 Å². The Hall–Kier alpha value is -0.590. The third-order valence-electron chi connectivity index (χ3n) is 6.26. The standard InChI is InChI=1S/C19H30O/c1-2-3-14-4-6-15(7-5-14)16-8-9-18-13-19(20)11-10-17(18)12-16/h13-17H,2-12H2,1H3. The van der Waals surface area contributed by atoms with Gasteiger partial charge in [-0.15, -0.1) is 0 Å². The number of fused-ring (bicyclic) bond motifs is 1. The molecule has 20 heavy (non-hydrogen) atoms. The van der Waals surface area contributed by atoms with E-state index in [1.54, 1.807) is 0 Å². The Kier molecular flexibility index (Phi) is 4.63. The first kappa shape index (κ1) is 14.4. The zero-order valence-corrected chi connectivity index (χ0v) is 13.1. The van der Waals surface area contributed by atoms with Crippen LogP contribution in [0, 0.1) is 23.7 Å². The number of hydrogen-bond donors (Lipinski definition) is 0. The number of ketones is 1. The van der Waals surface area contributed by atoms with E-state index < -0.39 is 0 Å². The maximum absolute atomic E-state index is 11.5. The average Bonchev–Trinajstić information content (AvgIpc) is 2.48. The van der Waals surface area contributed by atoms with Crippen molar-refractivity contribution in [1.82, 2.24) is 0 Å². The normalized spacial score (nSPS) is 38.2. The van der Waals surface area contributed by atoms with Crippen molar-refractivity contribution in [1.29, 1.82) is 0 Å². The summed E-state index contributed by atoms with van der Waals surface area (Å²) in [5, 5.41) is 0. The lowest BCUT2D eigenvalue weighted by atomic mass is 9.65. The van der Waals surface area contributed by atoms with E-state index in [2.05, 4.69) is 6.92 Å². The summed E-state index contributed by atoms with van der Waals surface area (Å²) < 4.78 is 0. The molecular formula is C19H30O. The summed E-state index contributed by atoms with van der Waals surface area (Å²) in [6.45, 7) is 2.32. The fourth-order valence-electron chi connectivity index (χ4n) is 5.06. The maximum Gasteiger partial charge on any atom is 0.155 e. The summed E-state index contributed by atoms with van der Waals surface area (Å²) >= 11 is 0. The van der Waals surface area contributed by atoms with Gasteiger partial charge < -0.3 is 0 Å². The molecule has 0 bridgehead atoms. The molecule has 0 saturated heterocycles. The molecule has 3 aliphatic carbocycles. The quantitative estimate of drug-likeness (QED) is 0.682. The van der Waals surface area contributed by atoms with Gasteiger partial charge in [-0.05, 0) is 68.3 Å². The topological polar surface area (TPSA) is 17.1 Å². The van der Waals surface area contributed by atoms with E-state index in [4.69, 9.17) is 0 Å². The molecule has 0 aromatic carbocycles. The van der Waals surface area contributed by atoms with Crippen LogP contribution in [0.5, 0.6) is 0 Å². The Morgan fingerprint density at radius 3 is 2.55 bits per heavy atom. The van der Waals surface area contributed by atoms with Gasteiger partial charge in [-0.3, -0.25) is 4.79 Å². The van der Waals surface area contributed by atoms with Crippen LogP contribution in [0.2, 0.25) is 0 Å². The van der Waals surface area contributed by atoms with Crippen molar-refractivity contribution in [2.75, 3.05) is 0 Å². The van der Waals surface area contributed by atoms with Gasteiger partial charge in [0.15, 0.2) is 5.78 Å². The van der Waals surface area contributed by atoms with E-state index in [1.165, 1.54) is 63.4 Å². The SMILES string of the molecule is CCCC1CCC(C2CCC3=CC(=O)CCC3C2)CC1. The molecule has 2 saturated carbocycles. The molecule has 0 amide bonds. The van der Waals surface area contributed by atoms with Crippen LogP contribution in [0.3, 0.4) is 0 Å². The van der Waals surface area contributed by atoms with Crippen molar-refractivity contribution in [2.45, 2.75) is 77.6 Å². The van der Waals surface area contributed by atoms with Gasteiger partial charge in [0.2, 0.25) is 0 Å². The van der Waals surface area contributed by atoms with Gasteiger partial charge in [-0.1, -0.05) is 38.2 Å². The molecule has 3 aliphatic rings. The molecule has 2 atom stereocenters. The van der Waals surface area contributed by atoms with E-state index >= 15 is 0 Å². The van der Waals surface area contributed by atoms with Gasteiger partial charge in [0.25, 0.3) is 0 Å². The van der Waals surface area contributed by atoms with Gasteiger partial charge in [0.05, 0.1) is 0 Å². The third kappa shape index (κ3) is 3.18. The number of hydrogen-bond acceptors (Lipinski definition) is 1. The van der Waals surface area contributed by atoms with Crippen molar-refractivity contribution >= 4 is 5.78 Å². The van der Waals surface area contributed by atoms with Crippen LogP contribution in [0.4, 0.5) is 0 Å². The first-order chi connectivity index (χ1) is 9.76.